The second-order valence-electron chi connectivity index (χ2n) is 3.56. The number of hydrogen-bond donors (Lipinski definition) is 2. The fourth-order valence-electron chi connectivity index (χ4n) is 1.23. The predicted octanol–water partition coefficient (Wildman–Crippen LogP) is 1.81. The third-order valence-electron chi connectivity index (χ3n) is 2.14. The molecule has 0 amide bonds. The van der Waals surface area contributed by atoms with Crippen molar-refractivity contribution in [2.45, 2.75) is 33.1 Å². The second kappa shape index (κ2) is 10.6. The fraction of sp³-hybridized carbons (Fsp3) is 0.750. The lowest BCUT2D eigenvalue weighted by atomic mass is 10.2. The summed E-state index contributed by atoms with van der Waals surface area (Å²) in [5, 5.41) is 11.9. The van der Waals surface area contributed by atoms with Gasteiger partial charge in [0.1, 0.15) is 0 Å². The highest BCUT2D eigenvalue weighted by atomic mass is 16.5. The van der Waals surface area contributed by atoms with Gasteiger partial charge in [0.25, 0.3) is 0 Å². The SMILES string of the molecule is CCCOCCCNC/C=C(/CC)C(=O)O. The van der Waals surface area contributed by atoms with Crippen LogP contribution < -0.4 is 5.32 Å². The van der Waals surface area contributed by atoms with E-state index in [1.165, 1.54) is 0 Å². The molecule has 0 radical (unpaired) electrons. The van der Waals surface area contributed by atoms with Crippen molar-refractivity contribution in [2.24, 2.45) is 0 Å². The average Bonchev–Trinajstić information content (AvgIpc) is 2.26. The van der Waals surface area contributed by atoms with Crippen LogP contribution in [-0.4, -0.2) is 37.4 Å². The van der Waals surface area contributed by atoms with Crippen molar-refractivity contribution in [3.63, 3.8) is 0 Å². The van der Waals surface area contributed by atoms with Gasteiger partial charge in [-0.15, -0.1) is 0 Å². The third-order valence-corrected chi connectivity index (χ3v) is 2.14. The van der Waals surface area contributed by atoms with Crippen LogP contribution in [0.1, 0.15) is 33.1 Å². The molecule has 0 saturated carbocycles. The molecule has 0 atom stereocenters. The molecule has 0 aliphatic heterocycles. The Bertz CT molecular complexity index is 214. The Morgan fingerprint density at radius 1 is 1.38 bits per heavy atom. The zero-order valence-corrected chi connectivity index (χ0v) is 10.3. The molecule has 0 aliphatic carbocycles. The summed E-state index contributed by atoms with van der Waals surface area (Å²) < 4.78 is 5.32. The van der Waals surface area contributed by atoms with Gasteiger partial charge in [-0.25, -0.2) is 4.79 Å². The minimum absolute atomic E-state index is 0.467. The van der Waals surface area contributed by atoms with E-state index in [9.17, 15) is 4.79 Å². The zero-order chi connectivity index (χ0) is 12.2. The number of carboxylic acids is 1. The number of rotatable bonds is 10. The molecule has 94 valence electrons. The Hall–Kier alpha value is -0.870. The number of hydrogen-bond acceptors (Lipinski definition) is 3. The topological polar surface area (TPSA) is 58.6 Å². The van der Waals surface area contributed by atoms with E-state index < -0.39 is 5.97 Å². The van der Waals surface area contributed by atoms with Gasteiger partial charge in [0, 0.05) is 25.3 Å². The van der Waals surface area contributed by atoms with Gasteiger partial charge >= 0.3 is 5.97 Å². The summed E-state index contributed by atoms with van der Waals surface area (Å²) >= 11 is 0. The molecule has 0 aromatic carbocycles. The van der Waals surface area contributed by atoms with Crippen LogP contribution in [0.3, 0.4) is 0 Å². The molecular formula is C12H23NO3. The van der Waals surface area contributed by atoms with E-state index in [4.69, 9.17) is 9.84 Å². The minimum atomic E-state index is -0.824. The molecule has 0 fully saturated rings. The molecule has 0 aliphatic rings. The molecule has 0 spiro atoms. The lowest BCUT2D eigenvalue weighted by Crippen LogP contribution is -2.18. The predicted molar refractivity (Wildman–Crippen MR) is 64.6 cm³/mol. The molecule has 0 heterocycles. The first-order valence-electron chi connectivity index (χ1n) is 5.93. The Morgan fingerprint density at radius 3 is 2.69 bits per heavy atom. The molecule has 0 rings (SSSR count). The summed E-state index contributed by atoms with van der Waals surface area (Å²) in [7, 11) is 0. The Labute approximate surface area is 97.7 Å². The van der Waals surface area contributed by atoms with E-state index in [2.05, 4.69) is 12.2 Å². The molecule has 0 unspecified atom stereocenters. The molecule has 2 N–H and O–H groups in total. The highest BCUT2D eigenvalue weighted by Crippen LogP contribution is 1.98. The van der Waals surface area contributed by atoms with Gasteiger partial charge in [-0.3, -0.25) is 0 Å². The van der Waals surface area contributed by atoms with Gasteiger partial charge < -0.3 is 15.2 Å². The number of carbonyl (C=O) groups is 1. The first-order chi connectivity index (χ1) is 7.72. The Morgan fingerprint density at radius 2 is 2.12 bits per heavy atom. The molecule has 16 heavy (non-hydrogen) atoms. The number of ether oxygens (including phenoxy) is 1. The van der Waals surface area contributed by atoms with Crippen LogP contribution in [-0.2, 0) is 9.53 Å². The van der Waals surface area contributed by atoms with E-state index in [0.29, 0.717) is 18.5 Å². The summed E-state index contributed by atoms with van der Waals surface area (Å²) in [4.78, 5) is 10.7. The first-order valence-corrected chi connectivity index (χ1v) is 5.93. The molecule has 4 nitrogen and oxygen atoms in total. The van der Waals surface area contributed by atoms with Crippen molar-refractivity contribution in [2.75, 3.05) is 26.3 Å². The Balaban J connectivity index is 3.41. The van der Waals surface area contributed by atoms with Gasteiger partial charge in [0.15, 0.2) is 0 Å². The van der Waals surface area contributed by atoms with Gasteiger partial charge in [0.05, 0.1) is 0 Å². The van der Waals surface area contributed by atoms with Gasteiger partial charge in [-0.05, 0) is 25.8 Å². The second-order valence-corrected chi connectivity index (χ2v) is 3.56. The lowest BCUT2D eigenvalue weighted by molar-refractivity contribution is -0.132. The zero-order valence-electron chi connectivity index (χ0n) is 10.3. The van der Waals surface area contributed by atoms with Crippen molar-refractivity contribution in [3.8, 4) is 0 Å². The van der Waals surface area contributed by atoms with Crippen LogP contribution in [0.4, 0.5) is 0 Å². The molecule has 0 aromatic heterocycles. The van der Waals surface area contributed by atoms with E-state index in [1.807, 2.05) is 6.92 Å². The summed E-state index contributed by atoms with van der Waals surface area (Å²) in [6.45, 7) is 6.99. The van der Waals surface area contributed by atoms with Crippen molar-refractivity contribution >= 4 is 5.97 Å². The van der Waals surface area contributed by atoms with E-state index in [0.717, 1.165) is 32.6 Å². The summed E-state index contributed by atoms with van der Waals surface area (Å²) in [6.07, 6.45) is 4.31. The lowest BCUT2D eigenvalue weighted by Gasteiger charge is -2.03. The van der Waals surface area contributed by atoms with Crippen LogP contribution in [0.2, 0.25) is 0 Å². The van der Waals surface area contributed by atoms with Gasteiger partial charge in [-0.2, -0.15) is 0 Å². The summed E-state index contributed by atoms with van der Waals surface area (Å²) in [5.74, 6) is -0.824. The van der Waals surface area contributed by atoms with Crippen LogP contribution in [0.5, 0.6) is 0 Å². The number of nitrogens with one attached hydrogen (secondary N) is 1. The van der Waals surface area contributed by atoms with Crippen molar-refractivity contribution in [1.29, 1.82) is 0 Å². The molecule has 0 saturated heterocycles. The smallest absolute Gasteiger partial charge is 0.331 e. The van der Waals surface area contributed by atoms with E-state index >= 15 is 0 Å². The normalized spacial score (nSPS) is 11.8. The van der Waals surface area contributed by atoms with Gasteiger partial charge in [-0.1, -0.05) is 19.9 Å². The van der Waals surface area contributed by atoms with Gasteiger partial charge in [0.2, 0.25) is 0 Å². The number of carboxylic acid groups (broad SMARTS) is 1. The highest BCUT2D eigenvalue weighted by molar-refractivity contribution is 5.86. The summed E-state index contributed by atoms with van der Waals surface area (Å²) in [6, 6.07) is 0. The number of aliphatic carboxylic acids is 1. The van der Waals surface area contributed by atoms with Crippen molar-refractivity contribution in [3.05, 3.63) is 11.6 Å². The highest BCUT2D eigenvalue weighted by Gasteiger charge is 2.01. The Kier molecular flexibility index (Phi) is 10.1. The minimum Gasteiger partial charge on any atom is -0.478 e. The maximum Gasteiger partial charge on any atom is 0.331 e. The largest absolute Gasteiger partial charge is 0.478 e. The average molecular weight is 229 g/mol. The van der Waals surface area contributed by atoms with Crippen LogP contribution in [0, 0.1) is 0 Å². The fourth-order valence-corrected chi connectivity index (χ4v) is 1.23. The van der Waals surface area contributed by atoms with E-state index in [-0.39, 0.29) is 0 Å². The van der Waals surface area contributed by atoms with Crippen LogP contribution >= 0.6 is 0 Å². The molecule has 0 bridgehead atoms. The van der Waals surface area contributed by atoms with E-state index in [1.54, 1.807) is 6.08 Å². The maximum atomic E-state index is 10.7. The van der Waals surface area contributed by atoms with Crippen molar-refractivity contribution in [1.82, 2.24) is 5.32 Å². The maximum absolute atomic E-state index is 10.7. The van der Waals surface area contributed by atoms with Crippen molar-refractivity contribution < 1.29 is 14.6 Å². The molecule has 0 aromatic rings. The van der Waals surface area contributed by atoms with Crippen LogP contribution in [0.25, 0.3) is 0 Å². The molecular weight excluding hydrogens is 206 g/mol. The standard InChI is InChI=1S/C12H23NO3/c1-3-9-16-10-5-7-13-8-6-11(4-2)12(14)15/h6,13H,3-5,7-10H2,1-2H3,(H,14,15)/b11-6-. The first kappa shape index (κ1) is 15.1. The summed E-state index contributed by atoms with van der Waals surface area (Å²) in [5.41, 5.74) is 0.467. The monoisotopic (exact) mass is 229 g/mol. The van der Waals surface area contributed by atoms with Crippen LogP contribution in [0.15, 0.2) is 11.6 Å². The third kappa shape index (κ3) is 8.44. The quantitative estimate of drug-likeness (QED) is 0.443. The molecule has 4 heteroatoms.